The van der Waals surface area contributed by atoms with Crippen LogP contribution >= 0.6 is 0 Å². The molecule has 1 aliphatic heterocycles. The van der Waals surface area contributed by atoms with E-state index in [1.165, 1.54) is 39.7 Å². The number of nitrogens with one attached hydrogen (secondary N) is 1. The number of pyridine rings is 1. The van der Waals surface area contributed by atoms with E-state index in [4.69, 9.17) is 5.21 Å². The first kappa shape index (κ1) is 38.1. The summed E-state index contributed by atoms with van der Waals surface area (Å²) in [5.41, 5.74) is 2.02. The third-order valence-corrected chi connectivity index (χ3v) is 10.6. The van der Waals surface area contributed by atoms with Crippen molar-refractivity contribution >= 4 is 34.1 Å². The maximum Gasteiger partial charge on any atom is 0.328 e. The molecule has 4 amide bonds. The Morgan fingerprint density at radius 3 is 2.26 bits per heavy atom. The number of aliphatic hydroxyl groups excluding tert-OH is 1. The lowest BCUT2D eigenvalue weighted by molar-refractivity contribution is -0.129. The summed E-state index contributed by atoms with van der Waals surface area (Å²) in [6.07, 6.45) is 3.67. The number of carbonyl (C=O) groups excluding carboxylic acids is 3. The summed E-state index contributed by atoms with van der Waals surface area (Å²) in [4.78, 5) is 47.3. The maximum absolute atomic E-state index is 14.2. The molecule has 50 heavy (non-hydrogen) atoms. The molecular formula is C36H46N6O7S. The Morgan fingerprint density at radius 1 is 1.00 bits per heavy atom. The number of hydrogen-bond donors (Lipinski definition) is 3. The van der Waals surface area contributed by atoms with Crippen molar-refractivity contribution in [1.29, 1.82) is 0 Å². The number of rotatable bonds is 17. The van der Waals surface area contributed by atoms with Crippen molar-refractivity contribution in [2.45, 2.75) is 70.2 Å². The number of nitrogens with zero attached hydrogens (tertiary/aromatic N) is 5. The van der Waals surface area contributed by atoms with Gasteiger partial charge < -0.3 is 20.5 Å². The second kappa shape index (κ2) is 17.3. The minimum atomic E-state index is -4.10. The van der Waals surface area contributed by atoms with Crippen LogP contribution in [0.1, 0.15) is 50.8 Å². The van der Waals surface area contributed by atoms with Crippen molar-refractivity contribution in [3.05, 3.63) is 95.8 Å². The molecule has 0 spiro atoms. The summed E-state index contributed by atoms with van der Waals surface area (Å²) >= 11 is 0. The Hall–Kier alpha value is -4.66. The highest BCUT2D eigenvalue weighted by Crippen LogP contribution is 2.24. The number of hydrogen-bond acceptors (Lipinski definition) is 9. The van der Waals surface area contributed by atoms with E-state index in [-0.39, 0.29) is 49.3 Å². The molecule has 0 saturated carbocycles. The molecule has 2 unspecified atom stereocenters. The average Bonchev–Trinajstić information content (AvgIpc) is 3.36. The highest BCUT2D eigenvalue weighted by molar-refractivity contribution is 7.89. The third-order valence-electron chi connectivity index (χ3n) is 8.74. The third kappa shape index (κ3) is 9.52. The fourth-order valence-electron chi connectivity index (χ4n) is 5.91. The molecular weight excluding hydrogens is 660 g/mol. The van der Waals surface area contributed by atoms with Crippen molar-refractivity contribution in [3.8, 4) is 0 Å². The van der Waals surface area contributed by atoms with Crippen molar-refractivity contribution in [2.75, 3.05) is 19.6 Å². The van der Waals surface area contributed by atoms with Crippen LogP contribution in [0.4, 0.5) is 4.79 Å². The van der Waals surface area contributed by atoms with E-state index >= 15 is 0 Å². The normalized spacial score (nSPS) is 16.3. The fourth-order valence-corrected chi connectivity index (χ4v) is 7.53. The van der Waals surface area contributed by atoms with Crippen LogP contribution < -0.4 is 5.32 Å². The van der Waals surface area contributed by atoms with Gasteiger partial charge >= 0.3 is 6.03 Å². The van der Waals surface area contributed by atoms with E-state index in [0.717, 1.165) is 16.0 Å². The number of imide groups is 1. The van der Waals surface area contributed by atoms with E-state index in [2.05, 4.69) is 15.5 Å². The molecule has 2 aromatic carbocycles. The van der Waals surface area contributed by atoms with Gasteiger partial charge in [0, 0.05) is 25.5 Å². The molecule has 1 saturated heterocycles. The predicted octanol–water partition coefficient (Wildman–Crippen LogP) is 3.50. The summed E-state index contributed by atoms with van der Waals surface area (Å²) in [6.45, 7) is 6.97. The van der Waals surface area contributed by atoms with E-state index in [1.54, 1.807) is 24.5 Å². The SMILES string of the molecule is CCC(C)C(C(=O)N[C@@H](Cc1ccccc1)[C@H](O)CN(CC(C)C)S(=O)(=O)c1ccc(/C=N/O)cc1)N1CC(=O)N(Cc2ccncc2)C1=O. The van der Waals surface area contributed by atoms with Gasteiger partial charge in [-0.15, -0.1) is 0 Å². The quantitative estimate of drug-likeness (QED) is 0.0828. The van der Waals surface area contributed by atoms with Gasteiger partial charge in [-0.2, -0.15) is 4.31 Å². The van der Waals surface area contributed by atoms with E-state index in [1.807, 2.05) is 58.0 Å². The molecule has 268 valence electrons. The summed E-state index contributed by atoms with van der Waals surface area (Å²) < 4.78 is 29.0. The Bertz CT molecular complexity index is 1720. The van der Waals surface area contributed by atoms with Crippen molar-refractivity contribution in [1.82, 2.24) is 24.4 Å². The Labute approximate surface area is 293 Å². The van der Waals surface area contributed by atoms with Crippen LogP contribution in [0, 0.1) is 11.8 Å². The topological polar surface area (TPSA) is 173 Å². The molecule has 1 aliphatic rings. The lowest BCUT2D eigenvalue weighted by atomic mass is 9.95. The molecule has 4 atom stereocenters. The van der Waals surface area contributed by atoms with E-state index in [0.29, 0.717) is 12.0 Å². The molecule has 0 aliphatic carbocycles. The predicted molar refractivity (Wildman–Crippen MR) is 188 cm³/mol. The smallest absolute Gasteiger partial charge is 0.328 e. The van der Waals surface area contributed by atoms with Crippen molar-refractivity contribution in [3.63, 3.8) is 0 Å². The first-order chi connectivity index (χ1) is 23.8. The van der Waals surface area contributed by atoms with Crippen LogP contribution in [0.5, 0.6) is 0 Å². The van der Waals surface area contributed by atoms with Gasteiger partial charge in [0.2, 0.25) is 15.9 Å². The molecule has 3 aromatic rings. The molecule has 0 radical (unpaired) electrons. The number of benzene rings is 2. The van der Waals surface area contributed by atoms with Crippen LogP contribution in [-0.2, 0) is 32.6 Å². The van der Waals surface area contributed by atoms with Gasteiger partial charge in [-0.3, -0.25) is 19.5 Å². The van der Waals surface area contributed by atoms with Gasteiger partial charge in [-0.25, -0.2) is 13.2 Å². The second-order valence-electron chi connectivity index (χ2n) is 13.0. The zero-order valence-electron chi connectivity index (χ0n) is 28.8. The van der Waals surface area contributed by atoms with Gasteiger partial charge in [-0.1, -0.05) is 81.7 Å². The number of amides is 4. The molecule has 4 rings (SSSR count). The Balaban J connectivity index is 1.61. The monoisotopic (exact) mass is 706 g/mol. The highest BCUT2D eigenvalue weighted by Gasteiger charge is 2.45. The average molecular weight is 707 g/mol. The number of urea groups is 1. The van der Waals surface area contributed by atoms with E-state index in [9.17, 15) is 27.9 Å². The minimum Gasteiger partial charge on any atom is -0.411 e. The van der Waals surface area contributed by atoms with Gasteiger partial charge in [-0.05, 0) is 59.2 Å². The highest BCUT2D eigenvalue weighted by atomic mass is 32.2. The summed E-state index contributed by atoms with van der Waals surface area (Å²) in [7, 11) is -4.10. The fraction of sp³-hybridized carbons (Fsp3) is 0.417. The second-order valence-corrected chi connectivity index (χ2v) is 14.9. The van der Waals surface area contributed by atoms with E-state index < -0.39 is 46.1 Å². The first-order valence-corrected chi connectivity index (χ1v) is 18.1. The molecule has 1 aromatic heterocycles. The van der Waals surface area contributed by atoms with Crippen LogP contribution in [0.3, 0.4) is 0 Å². The number of aromatic nitrogens is 1. The van der Waals surface area contributed by atoms with Gasteiger partial charge in [0.25, 0.3) is 5.91 Å². The Morgan fingerprint density at radius 2 is 1.66 bits per heavy atom. The van der Waals surface area contributed by atoms with Crippen LogP contribution in [-0.4, -0.2) is 99.7 Å². The molecule has 1 fully saturated rings. The number of sulfonamides is 1. The lowest BCUT2D eigenvalue weighted by Crippen LogP contribution is -2.57. The van der Waals surface area contributed by atoms with Crippen LogP contribution in [0.25, 0.3) is 0 Å². The zero-order chi connectivity index (χ0) is 36.4. The summed E-state index contributed by atoms with van der Waals surface area (Å²) in [5.74, 6) is -1.42. The molecule has 3 N–H and O–H groups in total. The van der Waals surface area contributed by atoms with Gasteiger partial charge in [0.15, 0.2) is 0 Å². The molecule has 14 heteroatoms. The maximum atomic E-state index is 14.2. The number of carbonyl (C=O) groups is 3. The van der Waals surface area contributed by atoms with Crippen LogP contribution in [0.2, 0.25) is 0 Å². The zero-order valence-corrected chi connectivity index (χ0v) is 29.6. The summed E-state index contributed by atoms with van der Waals surface area (Å²) in [5, 5.41) is 26.5. The first-order valence-electron chi connectivity index (χ1n) is 16.7. The Kier molecular flexibility index (Phi) is 13.2. The standard InChI is InChI=1S/C36H46N6O7S/c1-5-26(4)34(42-24-33(44)41(36(42)46)22-29-15-17-37-18-16-29)35(45)39-31(19-27-9-7-6-8-10-27)32(43)23-40(21-25(2)3)50(48,49)30-13-11-28(12-14-30)20-38-47/h6-18,20,25-26,31-32,34,43,47H,5,19,21-24H2,1-4H3,(H,39,45)/b38-20+/t26?,31-,32+,34?/m0/s1. The van der Waals surface area contributed by atoms with Gasteiger partial charge in [0.05, 0.1) is 29.8 Å². The van der Waals surface area contributed by atoms with Crippen LogP contribution in [0.15, 0.2) is 89.2 Å². The number of aliphatic hydroxyl groups is 1. The van der Waals surface area contributed by atoms with Crippen molar-refractivity contribution < 1.29 is 33.1 Å². The summed E-state index contributed by atoms with van der Waals surface area (Å²) in [6, 6.07) is 15.9. The largest absolute Gasteiger partial charge is 0.411 e. The lowest BCUT2D eigenvalue weighted by Gasteiger charge is -2.34. The van der Waals surface area contributed by atoms with Gasteiger partial charge in [0.1, 0.15) is 12.6 Å². The minimum absolute atomic E-state index is 0.00514. The molecule has 13 nitrogen and oxygen atoms in total. The van der Waals surface area contributed by atoms with Crippen molar-refractivity contribution in [2.24, 2.45) is 17.0 Å². The number of oxime groups is 1. The molecule has 2 heterocycles. The molecule has 0 bridgehead atoms.